The molecule has 2 aromatic rings. The van der Waals surface area contributed by atoms with Gasteiger partial charge in [0.25, 0.3) is 0 Å². The van der Waals surface area contributed by atoms with Crippen molar-refractivity contribution in [3.63, 3.8) is 0 Å². The highest BCUT2D eigenvalue weighted by molar-refractivity contribution is 5.75. The molecule has 2 rings (SSSR count). The van der Waals surface area contributed by atoms with Gasteiger partial charge < -0.3 is 9.64 Å². The lowest BCUT2D eigenvalue weighted by atomic mass is 10.1. The highest BCUT2D eigenvalue weighted by atomic mass is 16.5. The van der Waals surface area contributed by atoms with Gasteiger partial charge in [-0.15, -0.1) is 0 Å². The van der Waals surface area contributed by atoms with Crippen molar-refractivity contribution in [2.75, 3.05) is 13.7 Å². The Morgan fingerprint density at radius 2 is 1.96 bits per heavy atom. The molecule has 4 nitrogen and oxygen atoms in total. The van der Waals surface area contributed by atoms with Crippen LogP contribution in [0.4, 0.5) is 0 Å². The van der Waals surface area contributed by atoms with Crippen LogP contribution in [0.5, 0.6) is 5.75 Å². The minimum atomic E-state index is 0.110. The number of unbranched alkanes of at least 4 members (excludes halogenated alkanes) is 1. The Balaban J connectivity index is 1.71. The van der Waals surface area contributed by atoms with Gasteiger partial charge in [-0.05, 0) is 61.6 Å². The highest BCUT2D eigenvalue weighted by Gasteiger charge is 2.09. The second-order valence-corrected chi connectivity index (χ2v) is 6.64. The second kappa shape index (κ2) is 9.62. The highest BCUT2D eigenvalue weighted by Crippen LogP contribution is 2.19. The number of carbonyl (C=O) groups excluding carboxylic acids is 1. The Morgan fingerprint density at radius 3 is 2.73 bits per heavy atom. The number of hydrogen-bond donors (Lipinski definition) is 0. The van der Waals surface area contributed by atoms with Gasteiger partial charge in [-0.3, -0.25) is 4.79 Å². The maximum atomic E-state index is 12.3. The number of nitrogens with zero attached hydrogens (tertiary/aromatic N) is 2. The predicted octanol–water partition coefficient (Wildman–Crippen LogP) is 4.38. The first kappa shape index (κ1) is 19.5. The number of hydrogen-bond acceptors (Lipinski definition) is 3. The number of benzene rings is 2. The van der Waals surface area contributed by atoms with Gasteiger partial charge in [0, 0.05) is 20.0 Å². The molecular formula is C22H26N2O2. The van der Waals surface area contributed by atoms with Crippen molar-refractivity contribution in [2.24, 2.45) is 0 Å². The minimum Gasteiger partial charge on any atom is -0.493 e. The van der Waals surface area contributed by atoms with Crippen LogP contribution in [0.25, 0.3) is 0 Å². The monoisotopic (exact) mass is 350 g/mol. The Morgan fingerprint density at radius 1 is 1.15 bits per heavy atom. The zero-order chi connectivity index (χ0) is 18.9. The van der Waals surface area contributed by atoms with E-state index in [2.05, 4.69) is 18.2 Å². The van der Waals surface area contributed by atoms with Crippen molar-refractivity contribution in [2.45, 2.75) is 39.7 Å². The molecule has 0 aliphatic rings. The van der Waals surface area contributed by atoms with Crippen LogP contribution in [0.15, 0.2) is 42.5 Å². The molecule has 0 unspecified atom stereocenters. The fourth-order valence-electron chi connectivity index (χ4n) is 2.72. The molecule has 136 valence electrons. The summed E-state index contributed by atoms with van der Waals surface area (Å²) in [6.45, 7) is 5.22. The van der Waals surface area contributed by atoms with Crippen LogP contribution in [-0.4, -0.2) is 24.5 Å². The third-order valence-electron chi connectivity index (χ3n) is 4.29. The zero-order valence-corrected chi connectivity index (χ0v) is 15.8. The maximum Gasteiger partial charge on any atom is 0.222 e. The van der Waals surface area contributed by atoms with E-state index >= 15 is 0 Å². The molecule has 4 heteroatoms. The second-order valence-electron chi connectivity index (χ2n) is 6.64. The molecule has 0 aromatic heterocycles. The van der Waals surface area contributed by atoms with Gasteiger partial charge in [0.05, 0.1) is 18.2 Å². The van der Waals surface area contributed by atoms with Crippen LogP contribution in [0.3, 0.4) is 0 Å². The molecule has 0 N–H and O–H groups in total. The van der Waals surface area contributed by atoms with Crippen LogP contribution < -0.4 is 4.74 Å². The summed E-state index contributed by atoms with van der Waals surface area (Å²) in [4.78, 5) is 14.0. The van der Waals surface area contributed by atoms with Crippen molar-refractivity contribution in [3.05, 3.63) is 64.7 Å². The van der Waals surface area contributed by atoms with Crippen LogP contribution >= 0.6 is 0 Å². The van der Waals surface area contributed by atoms with Gasteiger partial charge in [0.2, 0.25) is 5.91 Å². The van der Waals surface area contributed by atoms with Crippen LogP contribution in [0.2, 0.25) is 0 Å². The lowest BCUT2D eigenvalue weighted by Crippen LogP contribution is -2.26. The summed E-state index contributed by atoms with van der Waals surface area (Å²) in [5, 5.41) is 8.94. The first-order chi connectivity index (χ1) is 12.5. The van der Waals surface area contributed by atoms with Crippen LogP contribution in [0.1, 0.15) is 41.5 Å². The van der Waals surface area contributed by atoms with E-state index in [1.807, 2.05) is 38.1 Å². The molecule has 0 aliphatic heterocycles. The van der Waals surface area contributed by atoms with E-state index in [9.17, 15) is 4.79 Å². The Hall–Kier alpha value is -2.80. The number of nitriles is 1. The number of aryl methyl sites for hydroxylation is 2. The molecule has 0 fully saturated rings. The molecule has 0 heterocycles. The van der Waals surface area contributed by atoms with Crippen molar-refractivity contribution >= 4 is 5.91 Å². The number of ether oxygens (including phenoxy) is 1. The first-order valence-electron chi connectivity index (χ1n) is 8.92. The molecule has 0 saturated heterocycles. The molecular weight excluding hydrogens is 324 g/mol. The average Bonchev–Trinajstić information content (AvgIpc) is 2.64. The van der Waals surface area contributed by atoms with Crippen molar-refractivity contribution < 1.29 is 9.53 Å². The molecule has 26 heavy (non-hydrogen) atoms. The molecule has 0 spiro atoms. The Kier molecular flexibility index (Phi) is 7.23. The fraction of sp³-hybridized carbons (Fsp3) is 0.364. The van der Waals surface area contributed by atoms with E-state index < -0.39 is 0 Å². The standard InChI is InChI=1S/C22H26N2O2/c1-17-10-11-18(2)21(13-17)26-12-5-4-9-22(25)24(3)16-20-8-6-7-19(14-20)15-23/h6-8,10-11,13-14H,4-5,9,12,16H2,1-3H3. The van der Waals surface area contributed by atoms with Gasteiger partial charge >= 0.3 is 0 Å². The first-order valence-corrected chi connectivity index (χ1v) is 8.92. The van der Waals surface area contributed by atoms with E-state index in [0.29, 0.717) is 25.1 Å². The quantitative estimate of drug-likeness (QED) is 0.664. The SMILES string of the molecule is Cc1ccc(C)c(OCCCCC(=O)N(C)Cc2cccc(C#N)c2)c1. The topological polar surface area (TPSA) is 53.3 Å². The van der Waals surface area contributed by atoms with Crippen LogP contribution in [-0.2, 0) is 11.3 Å². The average molecular weight is 350 g/mol. The summed E-state index contributed by atoms with van der Waals surface area (Å²) >= 11 is 0. The summed E-state index contributed by atoms with van der Waals surface area (Å²) in [5.74, 6) is 1.03. The number of rotatable bonds is 8. The maximum absolute atomic E-state index is 12.3. The number of carbonyl (C=O) groups is 1. The van der Waals surface area contributed by atoms with Gasteiger partial charge in [-0.25, -0.2) is 0 Å². The van der Waals surface area contributed by atoms with Crippen molar-refractivity contribution in [1.29, 1.82) is 5.26 Å². The molecule has 0 atom stereocenters. The van der Waals surface area contributed by atoms with E-state index in [-0.39, 0.29) is 5.91 Å². The molecule has 2 aromatic carbocycles. The van der Waals surface area contributed by atoms with Gasteiger partial charge in [0.15, 0.2) is 0 Å². The van der Waals surface area contributed by atoms with E-state index in [1.165, 1.54) is 5.56 Å². The summed E-state index contributed by atoms with van der Waals surface area (Å²) < 4.78 is 5.83. The van der Waals surface area contributed by atoms with E-state index in [1.54, 1.807) is 18.0 Å². The molecule has 0 aliphatic carbocycles. The number of amides is 1. The van der Waals surface area contributed by atoms with Crippen molar-refractivity contribution in [1.82, 2.24) is 4.90 Å². The smallest absolute Gasteiger partial charge is 0.222 e. The Labute approximate surface area is 156 Å². The summed E-state index contributed by atoms with van der Waals surface area (Å²) in [6.07, 6.45) is 2.15. The molecule has 0 saturated carbocycles. The molecule has 0 bridgehead atoms. The minimum absolute atomic E-state index is 0.110. The molecule has 1 amide bonds. The normalized spacial score (nSPS) is 10.2. The Bertz CT molecular complexity index is 793. The van der Waals surface area contributed by atoms with Gasteiger partial charge in [-0.2, -0.15) is 5.26 Å². The van der Waals surface area contributed by atoms with Gasteiger partial charge in [-0.1, -0.05) is 24.3 Å². The molecule has 0 radical (unpaired) electrons. The summed E-state index contributed by atoms with van der Waals surface area (Å²) in [6, 6.07) is 15.7. The third kappa shape index (κ3) is 5.93. The largest absolute Gasteiger partial charge is 0.493 e. The summed E-state index contributed by atoms with van der Waals surface area (Å²) in [5.41, 5.74) is 3.90. The zero-order valence-electron chi connectivity index (χ0n) is 15.8. The third-order valence-corrected chi connectivity index (χ3v) is 4.29. The van der Waals surface area contributed by atoms with Gasteiger partial charge in [0.1, 0.15) is 5.75 Å². The summed E-state index contributed by atoms with van der Waals surface area (Å²) in [7, 11) is 1.80. The fourth-order valence-corrected chi connectivity index (χ4v) is 2.72. The van der Waals surface area contributed by atoms with E-state index in [4.69, 9.17) is 10.00 Å². The van der Waals surface area contributed by atoms with Crippen LogP contribution in [0, 0.1) is 25.2 Å². The van der Waals surface area contributed by atoms with Crippen molar-refractivity contribution in [3.8, 4) is 11.8 Å². The predicted molar refractivity (Wildman–Crippen MR) is 103 cm³/mol. The lowest BCUT2D eigenvalue weighted by Gasteiger charge is -2.17. The lowest BCUT2D eigenvalue weighted by molar-refractivity contribution is -0.130. The van der Waals surface area contributed by atoms with E-state index in [0.717, 1.165) is 29.7 Å².